The zero-order valence-electron chi connectivity index (χ0n) is 11.4. The summed E-state index contributed by atoms with van der Waals surface area (Å²) in [6.07, 6.45) is 4.31. The number of nitrogens with zero attached hydrogens (tertiary/aromatic N) is 4. The number of hydrogen-bond donors (Lipinski definition) is 0. The topological polar surface area (TPSA) is 33.4 Å². The van der Waals surface area contributed by atoms with Crippen LogP contribution in [0, 0.1) is 0 Å². The molecule has 0 bridgehead atoms. The van der Waals surface area contributed by atoms with Crippen LogP contribution in [0.1, 0.15) is 38.4 Å². The van der Waals surface area contributed by atoms with Gasteiger partial charge in [0.05, 0.1) is 5.02 Å². The Morgan fingerprint density at radius 1 is 1.32 bits per heavy atom. The van der Waals surface area contributed by atoms with E-state index in [0.29, 0.717) is 12.0 Å². The summed E-state index contributed by atoms with van der Waals surface area (Å²) in [6.45, 7) is 6.75. The Hall–Kier alpha value is -1.13. The number of halogens is 1. The maximum absolute atomic E-state index is 6.08. The van der Waals surface area contributed by atoms with E-state index < -0.39 is 0 Å². The van der Waals surface area contributed by atoms with Crippen LogP contribution in [0.4, 0.5) is 0 Å². The highest BCUT2D eigenvalue weighted by molar-refractivity contribution is 6.30. The van der Waals surface area contributed by atoms with E-state index in [2.05, 4.69) is 28.9 Å². The second-order valence-electron chi connectivity index (χ2n) is 5.56. The molecule has 1 atom stereocenters. The Morgan fingerprint density at radius 3 is 2.95 bits per heavy atom. The Kier molecular flexibility index (Phi) is 3.46. The largest absolute Gasteiger partial charge is 0.300 e. The van der Waals surface area contributed by atoms with Gasteiger partial charge in [-0.05, 0) is 45.4 Å². The van der Waals surface area contributed by atoms with Crippen molar-refractivity contribution in [3.8, 4) is 0 Å². The van der Waals surface area contributed by atoms with E-state index in [0.717, 1.165) is 23.0 Å². The van der Waals surface area contributed by atoms with E-state index in [1.54, 1.807) is 0 Å². The van der Waals surface area contributed by atoms with E-state index in [1.807, 2.05) is 22.7 Å². The van der Waals surface area contributed by atoms with Crippen molar-refractivity contribution in [2.24, 2.45) is 0 Å². The molecule has 102 valence electrons. The van der Waals surface area contributed by atoms with E-state index >= 15 is 0 Å². The van der Waals surface area contributed by atoms with Gasteiger partial charge in [-0.3, -0.25) is 4.40 Å². The van der Waals surface area contributed by atoms with Gasteiger partial charge in [0.15, 0.2) is 5.65 Å². The first-order chi connectivity index (χ1) is 9.15. The van der Waals surface area contributed by atoms with Crippen LogP contribution >= 0.6 is 11.6 Å². The summed E-state index contributed by atoms with van der Waals surface area (Å²) in [5.41, 5.74) is 0.876. The number of piperidine rings is 1. The van der Waals surface area contributed by atoms with Crippen LogP contribution in [0.15, 0.2) is 18.3 Å². The molecule has 3 heterocycles. The molecule has 0 amide bonds. The lowest BCUT2D eigenvalue weighted by molar-refractivity contribution is 0.164. The molecule has 4 nitrogen and oxygen atoms in total. The van der Waals surface area contributed by atoms with Crippen molar-refractivity contribution in [2.45, 2.75) is 38.6 Å². The number of hydrogen-bond acceptors (Lipinski definition) is 3. The first-order valence-electron chi connectivity index (χ1n) is 6.89. The average molecular weight is 279 g/mol. The third kappa shape index (κ3) is 2.47. The minimum atomic E-state index is 0.449. The van der Waals surface area contributed by atoms with Gasteiger partial charge in [-0.15, -0.1) is 10.2 Å². The zero-order valence-corrected chi connectivity index (χ0v) is 12.1. The first-order valence-corrected chi connectivity index (χ1v) is 7.27. The zero-order chi connectivity index (χ0) is 13.4. The molecule has 0 aromatic carbocycles. The van der Waals surface area contributed by atoms with Gasteiger partial charge in [0.2, 0.25) is 0 Å². The molecule has 0 radical (unpaired) electrons. The molecule has 0 spiro atoms. The Labute approximate surface area is 118 Å². The normalized spacial score (nSPS) is 21.4. The maximum atomic E-state index is 6.08. The van der Waals surface area contributed by atoms with Gasteiger partial charge < -0.3 is 4.90 Å². The van der Waals surface area contributed by atoms with E-state index in [1.165, 1.54) is 19.4 Å². The van der Waals surface area contributed by atoms with Crippen molar-refractivity contribution in [1.82, 2.24) is 19.5 Å². The fourth-order valence-corrected chi connectivity index (χ4v) is 3.01. The highest BCUT2D eigenvalue weighted by Crippen LogP contribution is 2.27. The van der Waals surface area contributed by atoms with Crippen molar-refractivity contribution in [3.63, 3.8) is 0 Å². The third-order valence-corrected chi connectivity index (χ3v) is 4.16. The molecule has 1 fully saturated rings. The molecule has 0 saturated carbocycles. The minimum Gasteiger partial charge on any atom is -0.300 e. The van der Waals surface area contributed by atoms with Crippen LogP contribution in [0.25, 0.3) is 5.65 Å². The molecule has 1 saturated heterocycles. The summed E-state index contributed by atoms with van der Waals surface area (Å²) < 4.78 is 2.04. The molecule has 5 heteroatoms. The fourth-order valence-electron chi connectivity index (χ4n) is 2.85. The molecule has 19 heavy (non-hydrogen) atoms. The van der Waals surface area contributed by atoms with Crippen LogP contribution in [0.2, 0.25) is 5.02 Å². The van der Waals surface area contributed by atoms with Gasteiger partial charge >= 0.3 is 0 Å². The molecule has 1 unspecified atom stereocenters. The maximum Gasteiger partial charge on any atom is 0.160 e. The summed E-state index contributed by atoms with van der Waals surface area (Å²) in [4.78, 5) is 2.51. The number of fused-ring (bicyclic) bond motifs is 1. The Balaban J connectivity index is 1.93. The van der Waals surface area contributed by atoms with Gasteiger partial charge in [-0.2, -0.15) is 0 Å². The first kappa shape index (κ1) is 12.9. The van der Waals surface area contributed by atoms with Crippen molar-refractivity contribution in [2.75, 3.05) is 13.1 Å². The van der Waals surface area contributed by atoms with E-state index in [4.69, 9.17) is 11.6 Å². The molecular formula is C14H19ClN4. The van der Waals surface area contributed by atoms with Crippen molar-refractivity contribution < 1.29 is 0 Å². The molecular weight excluding hydrogens is 260 g/mol. The standard InChI is InChI=1S/C14H19ClN4/c1-10(2)18-7-3-4-11(8-18)14-17-16-13-6-5-12(15)9-19(13)14/h5-6,9-11H,3-4,7-8H2,1-2H3. The second kappa shape index (κ2) is 5.10. The Bertz CT molecular complexity index is 578. The monoisotopic (exact) mass is 278 g/mol. The minimum absolute atomic E-state index is 0.449. The van der Waals surface area contributed by atoms with Crippen LogP contribution < -0.4 is 0 Å². The predicted octanol–water partition coefficient (Wildman–Crippen LogP) is 2.97. The lowest BCUT2D eigenvalue weighted by Crippen LogP contribution is -2.39. The van der Waals surface area contributed by atoms with Crippen molar-refractivity contribution >= 4 is 17.2 Å². The van der Waals surface area contributed by atoms with Crippen molar-refractivity contribution in [1.29, 1.82) is 0 Å². The SMILES string of the molecule is CC(C)N1CCCC(c2nnc3ccc(Cl)cn23)C1. The van der Waals surface area contributed by atoms with E-state index in [9.17, 15) is 0 Å². The number of rotatable bonds is 2. The summed E-state index contributed by atoms with van der Waals surface area (Å²) in [7, 11) is 0. The van der Waals surface area contributed by atoms with Gasteiger partial charge in [0.25, 0.3) is 0 Å². The lowest BCUT2D eigenvalue weighted by Gasteiger charge is -2.34. The van der Waals surface area contributed by atoms with Crippen LogP contribution in [-0.2, 0) is 0 Å². The smallest absolute Gasteiger partial charge is 0.160 e. The molecule has 0 N–H and O–H groups in total. The number of pyridine rings is 1. The quantitative estimate of drug-likeness (QED) is 0.847. The van der Waals surface area contributed by atoms with E-state index in [-0.39, 0.29) is 0 Å². The Morgan fingerprint density at radius 2 is 2.16 bits per heavy atom. The fraction of sp³-hybridized carbons (Fsp3) is 0.571. The van der Waals surface area contributed by atoms with Crippen LogP contribution in [0.5, 0.6) is 0 Å². The summed E-state index contributed by atoms with van der Waals surface area (Å²) >= 11 is 6.08. The van der Waals surface area contributed by atoms with Gasteiger partial charge in [-0.25, -0.2) is 0 Å². The summed E-state index contributed by atoms with van der Waals surface area (Å²) in [5.74, 6) is 1.49. The molecule has 1 aliphatic rings. The molecule has 1 aliphatic heterocycles. The molecule has 2 aromatic rings. The third-order valence-electron chi connectivity index (χ3n) is 3.94. The van der Waals surface area contributed by atoms with Gasteiger partial charge in [0.1, 0.15) is 5.82 Å². The lowest BCUT2D eigenvalue weighted by atomic mass is 9.96. The summed E-state index contributed by atoms with van der Waals surface area (Å²) in [6, 6.07) is 4.36. The van der Waals surface area contributed by atoms with Gasteiger partial charge in [0, 0.05) is 24.7 Å². The molecule has 0 aliphatic carbocycles. The average Bonchev–Trinajstić information content (AvgIpc) is 2.81. The number of aromatic nitrogens is 3. The molecule has 3 rings (SSSR count). The van der Waals surface area contributed by atoms with Crippen molar-refractivity contribution in [3.05, 3.63) is 29.2 Å². The number of likely N-dealkylation sites (tertiary alicyclic amines) is 1. The van der Waals surface area contributed by atoms with Gasteiger partial charge in [-0.1, -0.05) is 11.6 Å². The predicted molar refractivity (Wildman–Crippen MR) is 76.7 cm³/mol. The van der Waals surface area contributed by atoms with Crippen LogP contribution in [-0.4, -0.2) is 38.6 Å². The van der Waals surface area contributed by atoms with Crippen LogP contribution in [0.3, 0.4) is 0 Å². The highest BCUT2D eigenvalue weighted by atomic mass is 35.5. The highest BCUT2D eigenvalue weighted by Gasteiger charge is 2.26. The molecule has 2 aromatic heterocycles. The summed E-state index contributed by atoms with van der Waals surface area (Å²) in [5, 5.41) is 9.35. The second-order valence-corrected chi connectivity index (χ2v) is 6.00.